The molecule has 2 aromatic carbocycles. The highest BCUT2D eigenvalue weighted by atomic mass is 19.4. The number of amides is 1. The van der Waals surface area contributed by atoms with Crippen LogP contribution in [0.15, 0.2) is 48.7 Å². The van der Waals surface area contributed by atoms with Crippen molar-refractivity contribution in [3.63, 3.8) is 0 Å². The van der Waals surface area contributed by atoms with Crippen LogP contribution in [0.2, 0.25) is 0 Å². The molecule has 0 aliphatic heterocycles. The van der Waals surface area contributed by atoms with E-state index in [1.807, 2.05) is 0 Å². The minimum Gasteiger partial charge on any atom is -0.497 e. The van der Waals surface area contributed by atoms with Crippen molar-refractivity contribution < 1.29 is 50.1 Å². The van der Waals surface area contributed by atoms with Crippen molar-refractivity contribution in [2.75, 3.05) is 14.2 Å². The van der Waals surface area contributed by atoms with Crippen LogP contribution in [0.25, 0.3) is 5.69 Å². The lowest BCUT2D eigenvalue weighted by Crippen LogP contribution is -2.27. The zero-order chi connectivity index (χ0) is 25.8. The lowest BCUT2D eigenvalue weighted by atomic mass is 10.2. The molecular formula is C21H17F6N3O5. The number of ether oxygens (including phenoxy) is 4. The van der Waals surface area contributed by atoms with Gasteiger partial charge in [-0.3, -0.25) is 0 Å². The zero-order valence-corrected chi connectivity index (χ0v) is 18.0. The zero-order valence-electron chi connectivity index (χ0n) is 18.0. The molecule has 8 nitrogen and oxygen atoms in total. The quantitative estimate of drug-likeness (QED) is 0.450. The van der Waals surface area contributed by atoms with Gasteiger partial charge in [0.2, 0.25) is 0 Å². The number of nitrogens with zero attached hydrogens (tertiary/aromatic N) is 2. The third-order valence-electron chi connectivity index (χ3n) is 4.44. The predicted molar refractivity (Wildman–Crippen MR) is 108 cm³/mol. The predicted octanol–water partition coefficient (Wildman–Crippen LogP) is 5.10. The molecule has 35 heavy (non-hydrogen) atoms. The van der Waals surface area contributed by atoms with Crippen molar-refractivity contribution in [1.29, 1.82) is 0 Å². The molecule has 0 saturated heterocycles. The Labute approximate surface area is 194 Å². The Morgan fingerprint density at radius 3 is 2.17 bits per heavy atom. The molecule has 0 aliphatic rings. The molecule has 0 aliphatic carbocycles. The van der Waals surface area contributed by atoms with Gasteiger partial charge in [-0.1, -0.05) is 0 Å². The third-order valence-corrected chi connectivity index (χ3v) is 4.44. The smallest absolute Gasteiger partial charge is 0.497 e. The summed E-state index contributed by atoms with van der Waals surface area (Å²) in [5.74, 6) is -0.682. The second-order valence-electron chi connectivity index (χ2n) is 6.73. The lowest BCUT2D eigenvalue weighted by molar-refractivity contribution is -0.274. The van der Waals surface area contributed by atoms with Crippen LogP contribution in [0.4, 0.5) is 31.1 Å². The Morgan fingerprint density at radius 2 is 1.60 bits per heavy atom. The summed E-state index contributed by atoms with van der Waals surface area (Å²) in [5, 5.41) is 5.88. The van der Waals surface area contributed by atoms with Crippen LogP contribution in [-0.2, 0) is 12.7 Å². The number of benzene rings is 2. The van der Waals surface area contributed by atoms with Gasteiger partial charge in [0.25, 0.3) is 0 Å². The van der Waals surface area contributed by atoms with Gasteiger partial charge in [0.15, 0.2) is 11.4 Å². The SMILES string of the molecule is COc1ccc(CNC(=O)Oc2cnn(-c3ccc(OC(F)(F)F)cc3)c2C(F)(F)F)c(OC)c1. The van der Waals surface area contributed by atoms with Crippen molar-refractivity contribution in [3.8, 4) is 28.7 Å². The molecule has 0 atom stereocenters. The summed E-state index contributed by atoms with van der Waals surface area (Å²) >= 11 is 0. The van der Waals surface area contributed by atoms with Crippen molar-refractivity contribution in [1.82, 2.24) is 15.1 Å². The van der Waals surface area contributed by atoms with Crippen LogP contribution >= 0.6 is 0 Å². The molecule has 14 heteroatoms. The average Bonchev–Trinajstić information content (AvgIpc) is 3.21. The number of rotatable bonds is 7. The molecule has 1 heterocycles. The van der Waals surface area contributed by atoms with Crippen molar-refractivity contribution in [2.24, 2.45) is 0 Å². The summed E-state index contributed by atoms with van der Waals surface area (Å²) < 4.78 is 97.2. The van der Waals surface area contributed by atoms with E-state index in [0.29, 0.717) is 27.9 Å². The van der Waals surface area contributed by atoms with E-state index in [1.54, 1.807) is 18.2 Å². The van der Waals surface area contributed by atoms with Crippen LogP contribution in [0.5, 0.6) is 23.0 Å². The van der Waals surface area contributed by atoms with Gasteiger partial charge < -0.3 is 24.3 Å². The molecule has 3 rings (SSSR count). The number of hydrogen-bond acceptors (Lipinski definition) is 6. The fourth-order valence-electron chi connectivity index (χ4n) is 2.95. The summed E-state index contributed by atoms with van der Waals surface area (Å²) in [6.07, 6.45) is -10.5. The molecular weight excluding hydrogens is 488 g/mol. The molecule has 3 aromatic rings. The number of hydrogen-bond donors (Lipinski definition) is 1. The number of alkyl halides is 6. The fraction of sp³-hybridized carbons (Fsp3) is 0.238. The van der Waals surface area contributed by atoms with E-state index >= 15 is 0 Å². The fourth-order valence-corrected chi connectivity index (χ4v) is 2.95. The molecule has 1 N–H and O–H groups in total. The van der Waals surface area contributed by atoms with Gasteiger partial charge >= 0.3 is 18.6 Å². The Balaban J connectivity index is 1.78. The first kappa shape index (κ1) is 25.5. The molecule has 0 fully saturated rings. The maximum absolute atomic E-state index is 13.7. The summed E-state index contributed by atoms with van der Waals surface area (Å²) in [4.78, 5) is 12.2. The molecule has 0 bridgehead atoms. The van der Waals surface area contributed by atoms with Crippen molar-refractivity contribution >= 4 is 6.09 Å². The van der Waals surface area contributed by atoms with E-state index in [4.69, 9.17) is 14.2 Å². The van der Waals surface area contributed by atoms with E-state index in [1.165, 1.54) is 14.2 Å². The van der Waals surface area contributed by atoms with E-state index in [-0.39, 0.29) is 12.2 Å². The van der Waals surface area contributed by atoms with E-state index in [2.05, 4.69) is 15.2 Å². The Bertz CT molecular complexity index is 1180. The van der Waals surface area contributed by atoms with Crippen LogP contribution in [0.1, 0.15) is 11.3 Å². The Hall–Kier alpha value is -4.10. The number of halogens is 6. The molecule has 188 valence electrons. The minimum absolute atomic E-state index is 0.137. The number of carbonyl (C=O) groups excluding carboxylic acids is 1. The van der Waals surface area contributed by atoms with Gasteiger partial charge in [-0.05, 0) is 36.4 Å². The lowest BCUT2D eigenvalue weighted by Gasteiger charge is -2.14. The largest absolute Gasteiger partial charge is 0.573 e. The minimum atomic E-state index is -5.02. The highest BCUT2D eigenvalue weighted by molar-refractivity contribution is 5.71. The van der Waals surface area contributed by atoms with Gasteiger partial charge in [-0.2, -0.15) is 18.3 Å². The summed E-state index contributed by atoms with van der Waals surface area (Å²) in [6, 6.07) is 8.25. The monoisotopic (exact) mass is 505 g/mol. The Morgan fingerprint density at radius 1 is 0.943 bits per heavy atom. The van der Waals surface area contributed by atoms with Crippen LogP contribution in [0.3, 0.4) is 0 Å². The summed E-state index contributed by atoms with van der Waals surface area (Å²) in [7, 11) is 2.84. The first-order valence-electron chi connectivity index (χ1n) is 9.59. The van der Waals surface area contributed by atoms with Gasteiger partial charge in [0, 0.05) is 18.2 Å². The second-order valence-corrected chi connectivity index (χ2v) is 6.73. The van der Waals surface area contributed by atoms with Crippen LogP contribution in [0, 0.1) is 0 Å². The van der Waals surface area contributed by atoms with Gasteiger partial charge in [-0.25, -0.2) is 9.48 Å². The maximum atomic E-state index is 13.7. The molecule has 0 spiro atoms. The first-order chi connectivity index (χ1) is 16.4. The van der Waals surface area contributed by atoms with E-state index < -0.39 is 35.8 Å². The summed E-state index contributed by atoms with van der Waals surface area (Å²) in [6.45, 7) is -0.137. The Kier molecular flexibility index (Phi) is 7.31. The van der Waals surface area contributed by atoms with E-state index in [0.717, 1.165) is 24.3 Å². The number of carbonyl (C=O) groups is 1. The van der Waals surface area contributed by atoms with Crippen LogP contribution in [-0.4, -0.2) is 36.5 Å². The first-order valence-corrected chi connectivity index (χ1v) is 9.59. The number of aromatic nitrogens is 2. The normalized spacial score (nSPS) is 11.7. The maximum Gasteiger partial charge on any atom is 0.573 e. The van der Waals surface area contributed by atoms with Gasteiger partial charge in [-0.15, -0.1) is 13.2 Å². The number of methoxy groups -OCH3 is 2. The third kappa shape index (κ3) is 6.49. The van der Waals surface area contributed by atoms with Gasteiger partial charge in [0.1, 0.15) is 17.2 Å². The molecule has 1 aromatic heterocycles. The average molecular weight is 505 g/mol. The van der Waals surface area contributed by atoms with Crippen molar-refractivity contribution in [2.45, 2.75) is 19.1 Å². The number of nitrogens with one attached hydrogen (secondary N) is 1. The topological polar surface area (TPSA) is 83.8 Å². The highest BCUT2D eigenvalue weighted by Crippen LogP contribution is 2.38. The second kappa shape index (κ2) is 10.0. The van der Waals surface area contributed by atoms with Gasteiger partial charge in [0.05, 0.1) is 26.1 Å². The van der Waals surface area contributed by atoms with Crippen LogP contribution < -0.4 is 24.3 Å². The van der Waals surface area contributed by atoms with E-state index in [9.17, 15) is 31.1 Å². The summed E-state index contributed by atoms with van der Waals surface area (Å²) in [5.41, 5.74) is -1.19. The molecule has 0 saturated carbocycles. The molecule has 0 unspecified atom stereocenters. The van der Waals surface area contributed by atoms with Crippen molar-refractivity contribution in [3.05, 3.63) is 59.9 Å². The highest BCUT2D eigenvalue weighted by Gasteiger charge is 2.40. The molecule has 0 radical (unpaired) electrons. The standard InChI is InChI=1S/C21H17F6N3O5/c1-32-15-6-3-12(16(9-15)33-2)10-28-19(31)34-17-11-29-30(18(17)20(22,23)24)13-4-7-14(8-5-13)35-21(25,26)27/h3-9,11H,10H2,1-2H3,(H,28,31). The molecule has 1 amide bonds.